The maximum absolute atomic E-state index is 6.55. The lowest BCUT2D eigenvalue weighted by Gasteiger charge is -2.26. The predicted molar refractivity (Wildman–Crippen MR) is 186 cm³/mol. The molecule has 9 rings (SSSR count). The average Bonchev–Trinajstić information content (AvgIpc) is 3.48. The maximum atomic E-state index is 6.55. The minimum atomic E-state index is -0.426. The summed E-state index contributed by atoms with van der Waals surface area (Å²) in [5.74, 6) is 1.48. The Morgan fingerprint density at radius 1 is 0.511 bits per heavy atom. The van der Waals surface area contributed by atoms with E-state index in [9.17, 15) is 0 Å². The normalized spacial score (nSPS) is 14.9. The van der Waals surface area contributed by atoms with Gasteiger partial charge >= 0.3 is 0 Å². The molecule has 4 heteroatoms. The number of furan rings is 1. The Labute approximate surface area is 260 Å². The van der Waals surface area contributed by atoms with Gasteiger partial charge in [0.05, 0.1) is 0 Å². The summed E-state index contributed by atoms with van der Waals surface area (Å²) in [6.07, 6.45) is -0.426. The first-order valence-corrected chi connectivity index (χ1v) is 15.2. The predicted octanol–water partition coefficient (Wildman–Crippen LogP) is 10.1. The second-order valence-electron chi connectivity index (χ2n) is 11.5. The van der Waals surface area contributed by atoms with Crippen LogP contribution in [-0.4, -0.2) is 11.7 Å². The van der Waals surface area contributed by atoms with Crippen LogP contribution >= 0.6 is 0 Å². The molecule has 0 saturated heterocycles. The third-order valence-electron chi connectivity index (χ3n) is 8.70. The van der Waals surface area contributed by atoms with E-state index in [0.29, 0.717) is 5.84 Å². The van der Waals surface area contributed by atoms with Gasteiger partial charge < -0.3 is 9.73 Å². The molecule has 1 unspecified atom stereocenters. The van der Waals surface area contributed by atoms with Gasteiger partial charge in [0.25, 0.3) is 0 Å². The van der Waals surface area contributed by atoms with Crippen molar-refractivity contribution in [1.29, 1.82) is 0 Å². The molecule has 45 heavy (non-hydrogen) atoms. The Balaban J connectivity index is 1.32. The van der Waals surface area contributed by atoms with Crippen molar-refractivity contribution in [2.45, 2.75) is 6.17 Å². The number of fused-ring (bicyclic) bond motifs is 5. The molecule has 7 aromatic carbocycles. The van der Waals surface area contributed by atoms with Crippen LogP contribution in [0.5, 0.6) is 0 Å². The number of nitrogens with one attached hydrogen (secondary N) is 1. The molecule has 0 amide bonds. The summed E-state index contributed by atoms with van der Waals surface area (Å²) in [5, 5.41) is 10.6. The lowest BCUT2D eigenvalue weighted by atomic mass is 9.92. The summed E-state index contributed by atoms with van der Waals surface area (Å²) >= 11 is 0. The molecule has 0 spiro atoms. The van der Waals surface area contributed by atoms with E-state index in [4.69, 9.17) is 14.4 Å². The molecule has 0 radical (unpaired) electrons. The van der Waals surface area contributed by atoms with E-state index in [2.05, 4.69) is 139 Å². The molecule has 1 atom stereocenters. The second-order valence-corrected chi connectivity index (χ2v) is 11.5. The number of nitrogens with zero attached hydrogens (tertiary/aromatic N) is 2. The monoisotopic (exact) mass is 577 g/mol. The summed E-state index contributed by atoms with van der Waals surface area (Å²) < 4.78 is 6.55. The van der Waals surface area contributed by atoms with Crippen LogP contribution in [0.2, 0.25) is 0 Å². The van der Waals surface area contributed by atoms with Crippen molar-refractivity contribution in [3.63, 3.8) is 0 Å². The Bertz CT molecular complexity index is 2460. The highest BCUT2D eigenvalue weighted by Gasteiger charge is 2.27. The molecule has 1 aliphatic rings. The fourth-order valence-corrected chi connectivity index (χ4v) is 6.53. The smallest absolute Gasteiger partial charge is 0.159 e. The molecule has 0 fully saturated rings. The van der Waals surface area contributed by atoms with Crippen molar-refractivity contribution in [3.8, 4) is 11.1 Å². The van der Waals surface area contributed by atoms with Crippen molar-refractivity contribution >= 4 is 55.2 Å². The van der Waals surface area contributed by atoms with Crippen molar-refractivity contribution in [1.82, 2.24) is 5.32 Å². The largest absolute Gasteiger partial charge is 0.456 e. The number of hydrogen-bond donors (Lipinski definition) is 1. The number of rotatable bonds is 4. The first-order chi connectivity index (χ1) is 22.3. The van der Waals surface area contributed by atoms with Gasteiger partial charge in [-0.15, -0.1) is 0 Å². The molecular weight excluding hydrogens is 550 g/mol. The zero-order valence-corrected chi connectivity index (χ0v) is 24.3. The van der Waals surface area contributed by atoms with Crippen LogP contribution < -0.4 is 5.32 Å². The molecule has 1 aromatic heterocycles. The van der Waals surface area contributed by atoms with Gasteiger partial charge in [-0.2, -0.15) is 0 Å². The van der Waals surface area contributed by atoms with Crippen LogP contribution in [-0.2, 0) is 0 Å². The number of amidine groups is 2. The van der Waals surface area contributed by atoms with E-state index in [1.165, 1.54) is 16.2 Å². The molecule has 2 heterocycles. The first kappa shape index (κ1) is 25.5. The third kappa shape index (κ3) is 4.38. The quantitative estimate of drug-likeness (QED) is 0.226. The van der Waals surface area contributed by atoms with Gasteiger partial charge in [0.15, 0.2) is 5.84 Å². The molecular formula is C41H27N3O. The van der Waals surface area contributed by atoms with Crippen LogP contribution in [0.4, 0.5) is 0 Å². The zero-order chi connectivity index (χ0) is 29.7. The Hall–Kier alpha value is -6.00. The average molecular weight is 578 g/mol. The van der Waals surface area contributed by atoms with Crippen molar-refractivity contribution in [2.24, 2.45) is 9.98 Å². The second kappa shape index (κ2) is 10.3. The SMILES string of the molecule is c1ccc(C2=NC(c3c(-c4ccccc4)ccc4oc5cc6ccccc6cc5c34)NC(c3ccc4ccccc4c3)=N2)cc1. The standard InChI is InChI=1S/C41H27N3O/c1-3-12-27(13-4-1)33-21-22-35-37(34-24-30-17-9-10-18-31(30)25-36(34)45-35)38(33)41-43-39(28-14-5-2-6-15-28)42-40(44-41)32-20-19-26-11-7-8-16-29(26)23-32/h1-25,41H,(H,42,43,44). The van der Waals surface area contributed by atoms with Gasteiger partial charge in [-0.1, -0.05) is 127 Å². The van der Waals surface area contributed by atoms with Crippen molar-refractivity contribution < 1.29 is 4.42 Å². The Morgan fingerprint density at radius 3 is 1.91 bits per heavy atom. The van der Waals surface area contributed by atoms with E-state index in [1.54, 1.807) is 0 Å². The summed E-state index contributed by atoms with van der Waals surface area (Å²) in [5.41, 5.74) is 6.97. The van der Waals surface area contributed by atoms with Crippen LogP contribution in [0, 0.1) is 0 Å². The van der Waals surface area contributed by atoms with Gasteiger partial charge in [0.1, 0.15) is 23.2 Å². The van der Waals surface area contributed by atoms with E-state index in [-0.39, 0.29) is 0 Å². The Kier molecular flexibility index (Phi) is 5.85. The minimum Gasteiger partial charge on any atom is -0.456 e. The van der Waals surface area contributed by atoms with E-state index >= 15 is 0 Å². The molecule has 0 saturated carbocycles. The molecule has 8 aromatic rings. The number of benzene rings is 7. The van der Waals surface area contributed by atoms with Crippen LogP contribution in [0.1, 0.15) is 22.9 Å². The number of hydrogen-bond acceptors (Lipinski definition) is 4. The zero-order valence-electron chi connectivity index (χ0n) is 24.3. The third-order valence-corrected chi connectivity index (χ3v) is 8.70. The van der Waals surface area contributed by atoms with Gasteiger partial charge in [0, 0.05) is 27.5 Å². The lowest BCUT2D eigenvalue weighted by molar-refractivity contribution is 0.663. The fraction of sp³-hybridized carbons (Fsp3) is 0.0244. The molecule has 212 valence electrons. The highest BCUT2D eigenvalue weighted by Crippen LogP contribution is 2.42. The Morgan fingerprint density at radius 2 is 1.16 bits per heavy atom. The molecule has 0 bridgehead atoms. The topological polar surface area (TPSA) is 49.9 Å². The lowest BCUT2D eigenvalue weighted by Crippen LogP contribution is -2.34. The summed E-state index contributed by atoms with van der Waals surface area (Å²) in [7, 11) is 0. The molecule has 4 nitrogen and oxygen atoms in total. The molecule has 0 aliphatic carbocycles. The van der Waals surface area contributed by atoms with Crippen LogP contribution in [0.25, 0.3) is 54.6 Å². The summed E-state index contributed by atoms with van der Waals surface area (Å²) in [6, 6.07) is 52.7. The minimum absolute atomic E-state index is 0.426. The first-order valence-electron chi connectivity index (χ1n) is 15.2. The highest BCUT2D eigenvalue weighted by molar-refractivity contribution is 6.16. The summed E-state index contributed by atoms with van der Waals surface area (Å²) in [6.45, 7) is 0. The number of aliphatic imine (C=N–C) groups is 2. The van der Waals surface area contributed by atoms with Crippen LogP contribution in [0.15, 0.2) is 166 Å². The van der Waals surface area contributed by atoms with E-state index < -0.39 is 6.17 Å². The van der Waals surface area contributed by atoms with Gasteiger partial charge in [0.2, 0.25) is 0 Å². The van der Waals surface area contributed by atoms with Crippen LogP contribution in [0.3, 0.4) is 0 Å². The fourth-order valence-electron chi connectivity index (χ4n) is 6.53. The van der Waals surface area contributed by atoms with E-state index in [0.717, 1.165) is 61.0 Å². The molecule has 1 N–H and O–H groups in total. The van der Waals surface area contributed by atoms with Gasteiger partial charge in [-0.3, -0.25) is 0 Å². The van der Waals surface area contributed by atoms with Crippen molar-refractivity contribution in [2.75, 3.05) is 0 Å². The highest BCUT2D eigenvalue weighted by atomic mass is 16.3. The van der Waals surface area contributed by atoms with Crippen molar-refractivity contribution in [3.05, 3.63) is 168 Å². The molecule has 1 aliphatic heterocycles. The summed E-state index contributed by atoms with van der Waals surface area (Å²) in [4.78, 5) is 10.4. The van der Waals surface area contributed by atoms with Gasteiger partial charge in [-0.25, -0.2) is 9.98 Å². The van der Waals surface area contributed by atoms with E-state index in [1.807, 2.05) is 18.2 Å². The maximum Gasteiger partial charge on any atom is 0.159 e. The van der Waals surface area contributed by atoms with Gasteiger partial charge in [-0.05, 0) is 56.9 Å².